The lowest BCUT2D eigenvalue weighted by atomic mass is 9.90. The van der Waals surface area contributed by atoms with Crippen molar-refractivity contribution in [2.75, 3.05) is 31.1 Å². The molecule has 6 nitrogen and oxygen atoms in total. The van der Waals surface area contributed by atoms with Crippen LogP contribution < -0.4 is 10.2 Å². The monoisotopic (exact) mass is 609 g/mol. The summed E-state index contributed by atoms with van der Waals surface area (Å²) in [6.07, 6.45) is 4.33. The predicted molar refractivity (Wildman–Crippen MR) is 171 cm³/mol. The SMILES string of the molecule is O=C(NCCCN1CCC(Cc2ccccc2)CC1)c1ccc2c(c1)N(Cc1ccccc1F)C(=O)c1ccccc1[S@@]2=O. The molecule has 1 saturated heterocycles. The molecule has 44 heavy (non-hydrogen) atoms. The number of nitrogens with one attached hydrogen (secondary N) is 1. The van der Waals surface area contributed by atoms with E-state index in [4.69, 9.17) is 0 Å². The molecule has 0 radical (unpaired) electrons. The molecule has 0 bridgehead atoms. The van der Waals surface area contributed by atoms with Gasteiger partial charge in [-0.3, -0.25) is 9.59 Å². The number of carbonyl (C=O) groups excluding carboxylic acids is 2. The van der Waals surface area contributed by atoms with Crippen molar-refractivity contribution in [3.8, 4) is 0 Å². The topological polar surface area (TPSA) is 69.7 Å². The molecule has 226 valence electrons. The van der Waals surface area contributed by atoms with E-state index in [0.717, 1.165) is 32.5 Å². The number of hydrogen-bond acceptors (Lipinski definition) is 4. The number of anilines is 1. The van der Waals surface area contributed by atoms with Gasteiger partial charge >= 0.3 is 0 Å². The summed E-state index contributed by atoms with van der Waals surface area (Å²) in [5.41, 5.74) is 2.74. The number of piperidine rings is 1. The summed E-state index contributed by atoms with van der Waals surface area (Å²) in [6, 6.07) is 28.6. The van der Waals surface area contributed by atoms with Gasteiger partial charge in [0.1, 0.15) is 5.82 Å². The maximum Gasteiger partial charge on any atom is 0.259 e. The van der Waals surface area contributed by atoms with E-state index in [2.05, 4.69) is 40.5 Å². The molecule has 1 N–H and O–H groups in total. The van der Waals surface area contributed by atoms with Crippen LogP contribution >= 0.6 is 0 Å². The molecule has 6 rings (SSSR count). The van der Waals surface area contributed by atoms with Crippen LogP contribution in [0.1, 0.15) is 51.1 Å². The molecule has 0 saturated carbocycles. The summed E-state index contributed by atoms with van der Waals surface area (Å²) in [5.74, 6) is -0.371. The smallest absolute Gasteiger partial charge is 0.259 e. The molecule has 1 fully saturated rings. The van der Waals surface area contributed by atoms with Crippen LogP contribution in [-0.4, -0.2) is 47.1 Å². The van der Waals surface area contributed by atoms with E-state index in [1.165, 1.54) is 29.4 Å². The Morgan fingerprint density at radius 3 is 2.41 bits per heavy atom. The van der Waals surface area contributed by atoms with Crippen LogP contribution in [0.2, 0.25) is 0 Å². The van der Waals surface area contributed by atoms with E-state index in [0.29, 0.717) is 44.6 Å². The first-order valence-corrected chi connectivity index (χ1v) is 16.4. The van der Waals surface area contributed by atoms with Gasteiger partial charge in [0, 0.05) is 17.7 Å². The van der Waals surface area contributed by atoms with Crippen LogP contribution in [0.3, 0.4) is 0 Å². The minimum absolute atomic E-state index is 0.0584. The quantitative estimate of drug-likeness (QED) is 0.229. The van der Waals surface area contributed by atoms with Crippen molar-refractivity contribution in [1.82, 2.24) is 10.2 Å². The van der Waals surface area contributed by atoms with Crippen LogP contribution in [0, 0.1) is 11.7 Å². The molecule has 1 atom stereocenters. The summed E-state index contributed by atoms with van der Waals surface area (Å²) in [7, 11) is -1.65. The highest BCUT2D eigenvalue weighted by Crippen LogP contribution is 2.36. The molecule has 0 unspecified atom stereocenters. The van der Waals surface area contributed by atoms with Crippen molar-refractivity contribution < 1.29 is 18.2 Å². The fraction of sp³-hybridized carbons (Fsp3) is 0.278. The molecule has 2 heterocycles. The molecule has 2 amide bonds. The molecule has 8 heteroatoms. The minimum Gasteiger partial charge on any atom is -0.352 e. The fourth-order valence-corrected chi connectivity index (χ4v) is 7.47. The van der Waals surface area contributed by atoms with Gasteiger partial charge in [-0.15, -0.1) is 0 Å². The van der Waals surface area contributed by atoms with Crippen molar-refractivity contribution >= 4 is 28.3 Å². The lowest BCUT2D eigenvalue weighted by Gasteiger charge is -2.32. The average Bonchev–Trinajstić information content (AvgIpc) is 3.14. The number of carbonyl (C=O) groups is 2. The number of nitrogens with zero attached hydrogens (tertiary/aromatic N) is 2. The van der Waals surface area contributed by atoms with Gasteiger partial charge in [-0.05, 0) is 93.2 Å². The van der Waals surface area contributed by atoms with Crippen molar-refractivity contribution in [3.05, 3.63) is 125 Å². The van der Waals surface area contributed by atoms with Crippen LogP contribution in [0.5, 0.6) is 0 Å². The number of amides is 2. The van der Waals surface area contributed by atoms with Gasteiger partial charge in [0.15, 0.2) is 0 Å². The first-order chi connectivity index (χ1) is 21.5. The summed E-state index contributed by atoms with van der Waals surface area (Å²) >= 11 is 0. The fourth-order valence-electron chi connectivity index (χ4n) is 6.13. The Morgan fingerprint density at radius 2 is 1.61 bits per heavy atom. The summed E-state index contributed by atoms with van der Waals surface area (Å²) in [5, 5.41) is 3.01. The lowest BCUT2D eigenvalue weighted by Crippen LogP contribution is -2.36. The highest BCUT2D eigenvalue weighted by molar-refractivity contribution is 7.85. The Hall–Kier alpha value is -4.14. The van der Waals surface area contributed by atoms with E-state index in [9.17, 15) is 18.2 Å². The van der Waals surface area contributed by atoms with Gasteiger partial charge in [-0.2, -0.15) is 0 Å². The van der Waals surface area contributed by atoms with E-state index < -0.39 is 16.6 Å². The molecular formula is C36H36FN3O3S. The summed E-state index contributed by atoms with van der Waals surface area (Å²) in [6.45, 7) is 3.53. The number of likely N-dealkylation sites (tertiary alicyclic amines) is 1. The molecule has 0 spiro atoms. The zero-order valence-corrected chi connectivity index (χ0v) is 25.4. The van der Waals surface area contributed by atoms with Gasteiger partial charge in [0.2, 0.25) is 0 Å². The summed E-state index contributed by atoms with van der Waals surface area (Å²) in [4.78, 5) is 31.7. The Morgan fingerprint density at radius 1 is 0.886 bits per heavy atom. The van der Waals surface area contributed by atoms with E-state index in [1.54, 1.807) is 60.7 Å². The molecule has 4 aromatic carbocycles. The van der Waals surface area contributed by atoms with Gasteiger partial charge < -0.3 is 15.1 Å². The Balaban J connectivity index is 1.10. The number of benzene rings is 4. The second kappa shape index (κ2) is 13.7. The van der Waals surface area contributed by atoms with Crippen molar-refractivity contribution in [2.45, 2.75) is 42.0 Å². The Labute approximate surface area is 260 Å². The molecule has 4 aromatic rings. The van der Waals surface area contributed by atoms with Crippen LogP contribution in [0.4, 0.5) is 10.1 Å². The second-order valence-corrected chi connectivity index (χ2v) is 12.9. The highest BCUT2D eigenvalue weighted by Gasteiger charge is 2.32. The molecular weight excluding hydrogens is 573 g/mol. The standard InChI is InChI=1S/C36H36FN3O3S/c37-31-13-6-4-11-29(31)25-40-32-24-28(15-16-34(32)44(43)33-14-7-5-12-30(33)36(40)42)35(41)38-19-8-20-39-21-17-27(18-22-39)23-26-9-2-1-3-10-26/h1-7,9-16,24,27H,8,17-23,25H2,(H,38,41)/t44-/m0/s1. The first-order valence-electron chi connectivity index (χ1n) is 15.2. The largest absolute Gasteiger partial charge is 0.352 e. The molecule has 2 aliphatic heterocycles. The van der Waals surface area contributed by atoms with Crippen LogP contribution in [0.25, 0.3) is 0 Å². The number of halogens is 1. The second-order valence-electron chi connectivity index (χ2n) is 11.5. The Bertz CT molecular complexity index is 1670. The van der Waals surface area contributed by atoms with Gasteiger partial charge in [-0.25, -0.2) is 8.60 Å². The third-order valence-corrected chi connectivity index (χ3v) is 10.1. The first kappa shape index (κ1) is 29.9. The van der Waals surface area contributed by atoms with Gasteiger partial charge in [0.05, 0.1) is 38.4 Å². The zero-order valence-electron chi connectivity index (χ0n) is 24.6. The lowest BCUT2D eigenvalue weighted by molar-refractivity contribution is 0.0947. The van der Waals surface area contributed by atoms with Crippen molar-refractivity contribution in [3.63, 3.8) is 0 Å². The average molecular weight is 610 g/mol. The maximum absolute atomic E-state index is 14.7. The maximum atomic E-state index is 14.7. The van der Waals surface area contributed by atoms with Gasteiger partial charge in [0.25, 0.3) is 11.8 Å². The number of hydrogen-bond donors (Lipinski definition) is 1. The van der Waals surface area contributed by atoms with Crippen LogP contribution in [-0.2, 0) is 23.8 Å². The Kier molecular flexibility index (Phi) is 9.28. The van der Waals surface area contributed by atoms with E-state index in [-0.39, 0.29) is 18.4 Å². The highest BCUT2D eigenvalue weighted by atomic mass is 32.2. The molecule has 0 aliphatic carbocycles. The molecule has 2 aliphatic rings. The normalized spacial score (nSPS) is 17.1. The minimum atomic E-state index is -1.65. The molecule has 0 aromatic heterocycles. The van der Waals surface area contributed by atoms with Crippen molar-refractivity contribution in [2.24, 2.45) is 5.92 Å². The number of fused-ring (bicyclic) bond motifs is 2. The third kappa shape index (κ3) is 6.66. The van der Waals surface area contributed by atoms with Gasteiger partial charge in [-0.1, -0.05) is 60.7 Å². The summed E-state index contributed by atoms with van der Waals surface area (Å²) < 4.78 is 28.3. The van der Waals surface area contributed by atoms with Crippen molar-refractivity contribution in [1.29, 1.82) is 0 Å². The van der Waals surface area contributed by atoms with Crippen LogP contribution in [0.15, 0.2) is 107 Å². The zero-order chi connectivity index (χ0) is 30.5. The predicted octanol–water partition coefficient (Wildman–Crippen LogP) is 6.23. The van der Waals surface area contributed by atoms with E-state index >= 15 is 0 Å². The number of rotatable bonds is 9. The third-order valence-electron chi connectivity index (χ3n) is 8.57. The van der Waals surface area contributed by atoms with E-state index in [1.807, 2.05) is 0 Å².